The number of benzene rings is 1. The van der Waals surface area contributed by atoms with Crippen LogP contribution in [0.15, 0.2) is 30.3 Å². The molecule has 0 aromatic heterocycles. The van der Waals surface area contributed by atoms with E-state index in [1.807, 2.05) is 0 Å². The highest BCUT2D eigenvalue weighted by Crippen LogP contribution is 2.15. The van der Waals surface area contributed by atoms with Gasteiger partial charge in [0.2, 0.25) is 0 Å². The SMILES string of the molecule is COCCCCN(Cc1ccccc1)[Si](C)(C)C. The molecule has 1 aromatic rings. The van der Waals surface area contributed by atoms with Crippen LogP contribution in [0.25, 0.3) is 0 Å². The number of ether oxygens (including phenoxy) is 1. The molecule has 0 unspecified atom stereocenters. The van der Waals surface area contributed by atoms with Gasteiger partial charge in [-0.25, -0.2) is 0 Å². The number of methoxy groups -OCH3 is 1. The van der Waals surface area contributed by atoms with Gasteiger partial charge in [-0.1, -0.05) is 50.0 Å². The van der Waals surface area contributed by atoms with E-state index in [0.717, 1.165) is 19.6 Å². The van der Waals surface area contributed by atoms with Crippen molar-refractivity contribution < 1.29 is 4.74 Å². The summed E-state index contributed by atoms with van der Waals surface area (Å²) in [5.41, 5.74) is 1.42. The molecule has 102 valence electrons. The van der Waals surface area contributed by atoms with Gasteiger partial charge < -0.3 is 9.30 Å². The zero-order valence-electron chi connectivity index (χ0n) is 12.3. The second kappa shape index (κ2) is 7.72. The van der Waals surface area contributed by atoms with E-state index < -0.39 is 8.24 Å². The van der Waals surface area contributed by atoms with Crippen LogP contribution in [0.4, 0.5) is 0 Å². The molecule has 0 heterocycles. The lowest BCUT2D eigenvalue weighted by molar-refractivity contribution is 0.189. The van der Waals surface area contributed by atoms with E-state index in [2.05, 4.69) is 54.5 Å². The van der Waals surface area contributed by atoms with Crippen molar-refractivity contribution in [2.24, 2.45) is 0 Å². The van der Waals surface area contributed by atoms with Crippen molar-refractivity contribution in [3.63, 3.8) is 0 Å². The van der Waals surface area contributed by atoms with Gasteiger partial charge in [0.25, 0.3) is 0 Å². The van der Waals surface area contributed by atoms with Crippen LogP contribution in [0.3, 0.4) is 0 Å². The highest BCUT2D eigenvalue weighted by molar-refractivity contribution is 6.73. The fourth-order valence-electron chi connectivity index (χ4n) is 2.00. The lowest BCUT2D eigenvalue weighted by Gasteiger charge is -2.34. The molecule has 0 saturated carbocycles. The highest BCUT2D eigenvalue weighted by Gasteiger charge is 2.23. The Morgan fingerprint density at radius 1 is 1.06 bits per heavy atom. The van der Waals surface area contributed by atoms with Crippen LogP contribution in [-0.4, -0.2) is 33.1 Å². The standard InChI is InChI=1S/C15H27NOSi/c1-17-13-9-8-12-16(18(2,3)4)14-15-10-6-5-7-11-15/h5-7,10-11H,8-9,12-14H2,1-4H3. The zero-order chi connectivity index (χ0) is 13.4. The quantitative estimate of drug-likeness (QED) is 0.524. The Hall–Kier alpha value is -0.643. The van der Waals surface area contributed by atoms with Crippen molar-refractivity contribution in [2.45, 2.75) is 39.0 Å². The first-order chi connectivity index (χ1) is 8.54. The Bertz CT molecular complexity index is 321. The van der Waals surface area contributed by atoms with Gasteiger partial charge in [-0.15, -0.1) is 0 Å². The monoisotopic (exact) mass is 265 g/mol. The van der Waals surface area contributed by atoms with Crippen LogP contribution < -0.4 is 0 Å². The molecule has 1 rings (SSSR count). The molecule has 0 aliphatic carbocycles. The zero-order valence-corrected chi connectivity index (χ0v) is 13.3. The van der Waals surface area contributed by atoms with E-state index in [9.17, 15) is 0 Å². The Labute approximate surface area is 113 Å². The fourth-order valence-corrected chi connectivity index (χ4v) is 3.49. The summed E-state index contributed by atoms with van der Waals surface area (Å²) in [6, 6.07) is 10.8. The summed E-state index contributed by atoms with van der Waals surface area (Å²) in [5.74, 6) is 0. The van der Waals surface area contributed by atoms with Crippen LogP contribution >= 0.6 is 0 Å². The smallest absolute Gasteiger partial charge is 0.119 e. The van der Waals surface area contributed by atoms with Gasteiger partial charge in [-0.05, 0) is 24.9 Å². The minimum Gasteiger partial charge on any atom is -0.385 e. The number of unbranched alkanes of at least 4 members (excludes halogenated alkanes) is 1. The first kappa shape index (κ1) is 15.4. The van der Waals surface area contributed by atoms with Crippen LogP contribution in [-0.2, 0) is 11.3 Å². The first-order valence-corrected chi connectivity index (χ1v) is 10.3. The van der Waals surface area contributed by atoms with E-state index in [4.69, 9.17) is 4.74 Å². The summed E-state index contributed by atoms with van der Waals surface area (Å²) < 4.78 is 7.80. The van der Waals surface area contributed by atoms with Crippen LogP contribution in [0, 0.1) is 0 Å². The number of hydrogen-bond donors (Lipinski definition) is 0. The van der Waals surface area contributed by atoms with Gasteiger partial charge in [-0.2, -0.15) is 0 Å². The van der Waals surface area contributed by atoms with Gasteiger partial charge >= 0.3 is 0 Å². The molecule has 1 aromatic carbocycles. The Morgan fingerprint density at radius 3 is 2.28 bits per heavy atom. The molecule has 0 saturated heterocycles. The Kier molecular flexibility index (Phi) is 6.61. The summed E-state index contributed by atoms with van der Waals surface area (Å²) >= 11 is 0. The maximum Gasteiger partial charge on any atom is 0.119 e. The Morgan fingerprint density at radius 2 is 1.72 bits per heavy atom. The molecule has 2 nitrogen and oxygen atoms in total. The minimum atomic E-state index is -1.24. The molecule has 0 N–H and O–H groups in total. The molecule has 0 amide bonds. The summed E-state index contributed by atoms with van der Waals surface area (Å²) in [4.78, 5) is 0. The van der Waals surface area contributed by atoms with Crippen LogP contribution in [0.5, 0.6) is 0 Å². The molecule has 0 spiro atoms. The highest BCUT2D eigenvalue weighted by atomic mass is 28.3. The minimum absolute atomic E-state index is 0.880. The second-order valence-electron chi connectivity index (χ2n) is 5.78. The van der Waals surface area contributed by atoms with Crippen LogP contribution in [0.1, 0.15) is 18.4 Å². The van der Waals surface area contributed by atoms with Crippen LogP contribution in [0.2, 0.25) is 19.6 Å². The fraction of sp³-hybridized carbons (Fsp3) is 0.600. The third-order valence-electron chi connectivity index (χ3n) is 3.19. The molecule has 18 heavy (non-hydrogen) atoms. The third kappa shape index (κ3) is 5.80. The molecule has 3 heteroatoms. The van der Waals surface area contributed by atoms with E-state index in [-0.39, 0.29) is 0 Å². The molecular formula is C15H27NOSi. The van der Waals surface area contributed by atoms with Crippen molar-refractivity contribution in [1.82, 2.24) is 4.57 Å². The third-order valence-corrected chi connectivity index (χ3v) is 5.47. The van der Waals surface area contributed by atoms with E-state index >= 15 is 0 Å². The lowest BCUT2D eigenvalue weighted by Crippen LogP contribution is -2.45. The molecule has 0 radical (unpaired) electrons. The maximum atomic E-state index is 5.12. The van der Waals surface area contributed by atoms with E-state index in [1.54, 1.807) is 7.11 Å². The molecule has 0 aliphatic heterocycles. The lowest BCUT2D eigenvalue weighted by atomic mass is 10.2. The summed E-state index contributed by atoms with van der Waals surface area (Å²) in [5, 5.41) is 0. The van der Waals surface area contributed by atoms with Crippen molar-refractivity contribution >= 4 is 8.24 Å². The van der Waals surface area contributed by atoms with E-state index in [0.29, 0.717) is 0 Å². The largest absolute Gasteiger partial charge is 0.385 e. The predicted octanol–water partition coefficient (Wildman–Crippen LogP) is 3.75. The maximum absolute atomic E-state index is 5.12. The molecule has 0 atom stereocenters. The van der Waals surface area contributed by atoms with Crippen molar-refractivity contribution in [1.29, 1.82) is 0 Å². The summed E-state index contributed by atoms with van der Waals surface area (Å²) in [7, 11) is 0.541. The summed E-state index contributed by atoms with van der Waals surface area (Å²) in [6.45, 7) is 10.4. The number of hydrogen-bond acceptors (Lipinski definition) is 2. The second-order valence-corrected chi connectivity index (χ2v) is 10.8. The van der Waals surface area contributed by atoms with Gasteiger partial charge in [0.1, 0.15) is 8.24 Å². The Balaban J connectivity index is 2.51. The topological polar surface area (TPSA) is 12.5 Å². The number of nitrogens with zero attached hydrogens (tertiary/aromatic N) is 1. The van der Waals surface area contributed by atoms with Crippen molar-refractivity contribution in [2.75, 3.05) is 20.3 Å². The number of rotatable bonds is 8. The molecule has 0 bridgehead atoms. The molecule has 0 aliphatic rings. The van der Waals surface area contributed by atoms with Gasteiger partial charge in [0, 0.05) is 20.3 Å². The van der Waals surface area contributed by atoms with Crippen molar-refractivity contribution in [3.05, 3.63) is 35.9 Å². The normalized spacial score (nSPS) is 12.1. The average Bonchev–Trinajstić information content (AvgIpc) is 2.33. The van der Waals surface area contributed by atoms with Gasteiger partial charge in [0.15, 0.2) is 0 Å². The van der Waals surface area contributed by atoms with E-state index in [1.165, 1.54) is 18.5 Å². The summed E-state index contributed by atoms with van der Waals surface area (Å²) in [6.07, 6.45) is 2.39. The van der Waals surface area contributed by atoms with Crippen molar-refractivity contribution in [3.8, 4) is 0 Å². The first-order valence-electron chi connectivity index (χ1n) is 6.82. The average molecular weight is 265 g/mol. The predicted molar refractivity (Wildman–Crippen MR) is 81.3 cm³/mol. The molecular weight excluding hydrogens is 238 g/mol. The molecule has 0 fully saturated rings. The van der Waals surface area contributed by atoms with Gasteiger partial charge in [-0.3, -0.25) is 0 Å². The van der Waals surface area contributed by atoms with Gasteiger partial charge in [0.05, 0.1) is 0 Å².